The van der Waals surface area contributed by atoms with Gasteiger partial charge in [-0.1, -0.05) is 25.0 Å². The van der Waals surface area contributed by atoms with Crippen molar-refractivity contribution in [2.24, 2.45) is 0 Å². The highest BCUT2D eigenvalue weighted by molar-refractivity contribution is 5.83. The van der Waals surface area contributed by atoms with Crippen LogP contribution in [-0.2, 0) is 4.79 Å². The predicted molar refractivity (Wildman–Crippen MR) is 77.8 cm³/mol. The van der Waals surface area contributed by atoms with Crippen molar-refractivity contribution < 1.29 is 14.6 Å². The summed E-state index contributed by atoms with van der Waals surface area (Å²) in [5.41, 5.74) is 0.247. The quantitative estimate of drug-likeness (QED) is 0.867. The van der Waals surface area contributed by atoms with Gasteiger partial charge < -0.3 is 15.2 Å². The molecular formula is C16H23NO3. The van der Waals surface area contributed by atoms with E-state index in [1.165, 1.54) is 0 Å². The van der Waals surface area contributed by atoms with Crippen LogP contribution in [0.15, 0.2) is 24.3 Å². The van der Waals surface area contributed by atoms with Gasteiger partial charge in [0.15, 0.2) is 0 Å². The number of benzene rings is 1. The van der Waals surface area contributed by atoms with E-state index in [0.717, 1.165) is 37.0 Å². The minimum atomic E-state index is -0.699. The highest BCUT2D eigenvalue weighted by Crippen LogP contribution is 2.29. The van der Waals surface area contributed by atoms with Crippen molar-refractivity contribution in [3.8, 4) is 5.75 Å². The molecule has 1 aromatic rings. The summed E-state index contributed by atoms with van der Waals surface area (Å²) in [6, 6.07) is 7.49. The average molecular weight is 277 g/mol. The first kappa shape index (κ1) is 14.9. The molecule has 1 aliphatic rings. The van der Waals surface area contributed by atoms with E-state index < -0.39 is 5.60 Å². The first-order valence-corrected chi connectivity index (χ1v) is 7.18. The number of amides is 1. The summed E-state index contributed by atoms with van der Waals surface area (Å²) >= 11 is 0. The Morgan fingerprint density at radius 2 is 1.95 bits per heavy atom. The second-order valence-electron chi connectivity index (χ2n) is 5.64. The lowest BCUT2D eigenvalue weighted by atomic mass is 9.98. The standard InChI is InChI=1S/C16H23NO3/c1-12(13-5-7-14(20-2)8-6-13)15(18)17-11-16(19)9-3-4-10-16/h5-8,12,19H,3-4,9-11H2,1-2H3,(H,17,18). The Labute approximate surface area is 120 Å². The van der Waals surface area contributed by atoms with Crippen molar-refractivity contribution in [2.75, 3.05) is 13.7 Å². The second kappa shape index (κ2) is 6.27. The second-order valence-corrected chi connectivity index (χ2v) is 5.64. The molecule has 1 aromatic carbocycles. The first-order valence-electron chi connectivity index (χ1n) is 7.18. The Morgan fingerprint density at radius 3 is 2.50 bits per heavy atom. The first-order chi connectivity index (χ1) is 9.54. The van der Waals surface area contributed by atoms with Crippen molar-refractivity contribution in [1.82, 2.24) is 5.32 Å². The lowest BCUT2D eigenvalue weighted by molar-refractivity contribution is -0.123. The van der Waals surface area contributed by atoms with E-state index in [4.69, 9.17) is 4.74 Å². The van der Waals surface area contributed by atoms with E-state index in [2.05, 4.69) is 5.32 Å². The number of carbonyl (C=O) groups is 1. The number of carbonyl (C=O) groups excluding carboxylic acids is 1. The maximum atomic E-state index is 12.1. The minimum Gasteiger partial charge on any atom is -0.497 e. The third-order valence-corrected chi connectivity index (χ3v) is 4.14. The fourth-order valence-electron chi connectivity index (χ4n) is 2.66. The molecule has 1 fully saturated rings. The van der Waals surface area contributed by atoms with Crippen molar-refractivity contribution >= 4 is 5.91 Å². The molecule has 110 valence electrons. The Morgan fingerprint density at radius 1 is 1.35 bits per heavy atom. The Hall–Kier alpha value is -1.55. The molecule has 0 heterocycles. The van der Waals surface area contributed by atoms with Crippen LogP contribution in [0.3, 0.4) is 0 Å². The van der Waals surface area contributed by atoms with Gasteiger partial charge >= 0.3 is 0 Å². The van der Waals surface area contributed by atoms with Crippen molar-refractivity contribution in [3.63, 3.8) is 0 Å². The molecule has 0 bridgehead atoms. The predicted octanol–water partition coefficient (Wildman–Crippen LogP) is 2.22. The van der Waals surface area contributed by atoms with E-state index in [-0.39, 0.29) is 11.8 Å². The summed E-state index contributed by atoms with van der Waals surface area (Å²) in [6.45, 7) is 2.22. The molecule has 1 atom stereocenters. The molecule has 0 aliphatic heterocycles. The van der Waals surface area contributed by atoms with Crippen LogP contribution < -0.4 is 10.1 Å². The summed E-state index contributed by atoms with van der Waals surface area (Å²) in [6.07, 6.45) is 3.65. The van der Waals surface area contributed by atoms with E-state index in [0.29, 0.717) is 6.54 Å². The minimum absolute atomic E-state index is 0.0458. The summed E-state index contributed by atoms with van der Waals surface area (Å²) < 4.78 is 5.10. The van der Waals surface area contributed by atoms with E-state index in [9.17, 15) is 9.90 Å². The smallest absolute Gasteiger partial charge is 0.227 e. The number of rotatable bonds is 5. The van der Waals surface area contributed by atoms with Gasteiger partial charge in [0, 0.05) is 6.54 Å². The molecule has 0 aromatic heterocycles. The topological polar surface area (TPSA) is 58.6 Å². The molecule has 4 nitrogen and oxygen atoms in total. The summed E-state index contributed by atoms with van der Waals surface area (Å²) in [5, 5.41) is 13.1. The van der Waals surface area contributed by atoms with Crippen LogP contribution in [0.2, 0.25) is 0 Å². The molecule has 0 radical (unpaired) electrons. The van der Waals surface area contributed by atoms with Crippen LogP contribution in [0.25, 0.3) is 0 Å². The molecule has 2 N–H and O–H groups in total. The van der Waals surface area contributed by atoms with Crippen LogP contribution in [-0.4, -0.2) is 30.3 Å². The van der Waals surface area contributed by atoms with Crippen molar-refractivity contribution in [1.29, 1.82) is 0 Å². The fourth-order valence-corrected chi connectivity index (χ4v) is 2.66. The average Bonchev–Trinajstić information content (AvgIpc) is 2.91. The SMILES string of the molecule is COc1ccc(C(C)C(=O)NCC2(O)CCCC2)cc1. The fraction of sp³-hybridized carbons (Fsp3) is 0.562. The third-order valence-electron chi connectivity index (χ3n) is 4.14. The van der Waals surface area contributed by atoms with Crippen LogP contribution in [0.5, 0.6) is 5.75 Å². The summed E-state index contributed by atoms with van der Waals surface area (Å²) in [4.78, 5) is 12.1. The van der Waals surface area contributed by atoms with Gasteiger partial charge in [-0.05, 0) is 37.5 Å². The van der Waals surface area contributed by atoms with Crippen LogP contribution in [0, 0.1) is 0 Å². The monoisotopic (exact) mass is 277 g/mol. The van der Waals surface area contributed by atoms with E-state index in [1.807, 2.05) is 31.2 Å². The zero-order chi connectivity index (χ0) is 14.6. The summed E-state index contributed by atoms with van der Waals surface area (Å²) in [7, 11) is 1.62. The summed E-state index contributed by atoms with van der Waals surface area (Å²) in [5.74, 6) is 0.503. The molecule has 0 saturated heterocycles. The van der Waals surface area contributed by atoms with Crippen LogP contribution in [0.4, 0.5) is 0 Å². The van der Waals surface area contributed by atoms with Gasteiger partial charge in [0.05, 0.1) is 18.6 Å². The maximum absolute atomic E-state index is 12.1. The van der Waals surface area contributed by atoms with E-state index in [1.54, 1.807) is 7.11 Å². The number of methoxy groups -OCH3 is 1. The molecule has 0 spiro atoms. The Bertz CT molecular complexity index is 449. The van der Waals surface area contributed by atoms with Gasteiger partial charge in [0.2, 0.25) is 5.91 Å². The lowest BCUT2D eigenvalue weighted by Crippen LogP contribution is -2.42. The van der Waals surface area contributed by atoms with Crippen molar-refractivity contribution in [2.45, 2.75) is 44.1 Å². The van der Waals surface area contributed by atoms with Gasteiger partial charge in [-0.15, -0.1) is 0 Å². The number of hydrogen-bond acceptors (Lipinski definition) is 3. The van der Waals surface area contributed by atoms with Gasteiger partial charge in [-0.2, -0.15) is 0 Å². The lowest BCUT2D eigenvalue weighted by Gasteiger charge is -2.23. The molecule has 4 heteroatoms. The largest absolute Gasteiger partial charge is 0.497 e. The number of ether oxygens (including phenoxy) is 1. The Kier molecular flexibility index (Phi) is 4.65. The number of hydrogen-bond donors (Lipinski definition) is 2. The molecule has 20 heavy (non-hydrogen) atoms. The van der Waals surface area contributed by atoms with Crippen molar-refractivity contribution in [3.05, 3.63) is 29.8 Å². The molecule has 1 aliphatic carbocycles. The van der Waals surface area contributed by atoms with Gasteiger partial charge in [0.25, 0.3) is 0 Å². The molecule has 2 rings (SSSR count). The van der Waals surface area contributed by atoms with Gasteiger partial charge in [0.1, 0.15) is 5.75 Å². The van der Waals surface area contributed by atoms with E-state index >= 15 is 0 Å². The zero-order valence-electron chi connectivity index (χ0n) is 12.2. The number of nitrogens with one attached hydrogen (secondary N) is 1. The maximum Gasteiger partial charge on any atom is 0.227 e. The normalized spacial score (nSPS) is 18.6. The Balaban J connectivity index is 1.90. The molecule has 1 unspecified atom stereocenters. The van der Waals surface area contributed by atoms with Crippen LogP contribution in [0.1, 0.15) is 44.1 Å². The third kappa shape index (κ3) is 3.51. The molecule has 1 saturated carbocycles. The molecular weight excluding hydrogens is 254 g/mol. The highest BCUT2D eigenvalue weighted by Gasteiger charge is 2.31. The highest BCUT2D eigenvalue weighted by atomic mass is 16.5. The van der Waals surface area contributed by atoms with Gasteiger partial charge in [-0.3, -0.25) is 4.79 Å². The molecule has 1 amide bonds. The zero-order valence-corrected chi connectivity index (χ0v) is 12.2. The number of aliphatic hydroxyl groups is 1. The van der Waals surface area contributed by atoms with Crippen LogP contribution >= 0.6 is 0 Å². The van der Waals surface area contributed by atoms with Gasteiger partial charge in [-0.25, -0.2) is 0 Å².